The number of amidine groups is 1. The summed E-state index contributed by atoms with van der Waals surface area (Å²) < 4.78 is 4.51. The van der Waals surface area contributed by atoms with Crippen LogP contribution in [0.3, 0.4) is 0 Å². The summed E-state index contributed by atoms with van der Waals surface area (Å²) in [6, 6.07) is 5.14. The van der Waals surface area contributed by atoms with Crippen molar-refractivity contribution in [1.29, 1.82) is 0 Å². The minimum absolute atomic E-state index is 0.0765. The lowest BCUT2D eigenvalue weighted by Gasteiger charge is -2.01. The van der Waals surface area contributed by atoms with Gasteiger partial charge in [0.2, 0.25) is 5.84 Å². The van der Waals surface area contributed by atoms with Crippen molar-refractivity contribution in [3.63, 3.8) is 0 Å². The minimum Gasteiger partial charge on any atom is -0.460 e. The minimum atomic E-state index is -1.11. The first kappa shape index (κ1) is 15.1. The molecule has 1 aromatic carbocycles. The Labute approximate surface area is 113 Å². The van der Waals surface area contributed by atoms with Crippen molar-refractivity contribution in [3.05, 3.63) is 39.9 Å². The second-order valence-corrected chi connectivity index (χ2v) is 3.35. The number of nitrogens with two attached hydrogens (primary N) is 1. The summed E-state index contributed by atoms with van der Waals surface area (Å²) in [6.45, 7) is 1.64. The van der Waals surface area contributed by atoms with Gasteiger partial charge < -0.3 is 15.3 Å². The van der Waals surface area contributed by atoms with Crippen LogP contribution >= 0.6 is 0 Å². The van der Waals surface area contributed by atoms with E-state index in [0.29, 0.717) is 0 Å². The van der Waals surface area contributed by atoms with E-state index in [0.717, 1.165) is 6.07 Å². The van der Waals surface area contributed by atoms with Gasteiger partial charge in [-0.3, -0.25) is 10.1 Å². The molecule has 1 rings (SSSR count). The van der Waals surface area contributed by atoms with Crippen LogP contribution in [-0.4, -0.2) is 29.3 Å². The third kappa shape index (κ3) is 3.77. The zero-order valence-corrected chi connectivity index (χ0v) is 10.4. The molecule has 9 heteroatoms. The number of nitro benzene ring substituents is 1. The highest BCUT2D eigenvalue weighted by atomic mass is 16.7. The van der Waals surface area contributed by atoms with E-state index in [2.05, 4.69) is 14.7 Å². The standard InChI is InChI=1S/C11H11N3O6/c1-2-19-11(16)9(12)13-20-10(15)7-5-3-4-6-8(7)14(17)18/h3-6H,2H2,1H3,(H2,12,13). The number of rotatable bonds is 4. The Morgan fingerprint density at radius 3 is 2.65 bits per heavy atom. The quantitative estimate of drug-likeness (QED) is 0.213. The van der Waals surface area contributed by atoms with Crippen LogP contribution in [0.2, 0.25) is 0 Å². The molecule has 0 aliphatic carbocycles. The molecule has 0 bridgehead atoms. The molecule has 0 radical (unpaired) electrons. The number of hydrogen-bond donors (Lipinski definition) is 1. The van der Waals surface area contributed by atoms with Crippen molar-refractivity contribution in [1.82, 2.24) is 0 Å². The molecule has 0 fully saturated rings. The van der Waals surface area contributed by atoms with Crippen LogP contribution in [0.15, 0.2) is 29.4 Å². The third-order valence-corrected chi connectivity index (χ3v) is 2.03. The van der Waals surface area contributed by atoms with E-state index in [9.17, 15) is 19.7 Å². The Kier molecular flexibility index (Phi) is 5.15. The fraction of sp³-hybridized carbons (Fsp3) is 0.182. The molecular formula is C11H11N3O6. The maximum absolute atomic E-state index is 11.6. The summed E-state index contributed by atoms with van der Waals surface area (Å²) in [5.41, 5.74) is 4.44. The van der Waals surface area contributed by atoms with Gasteiger partial charge in [0, 0.05) is 6.07 Å². The number of nitro groups is 1. The van der Waals surface area contributed by atoms with E-state index in [1.165, 1.54) is 18.2 Å². The van der Waals surface area contributed by atoms with Gasteiger partial charge in [-0.15, -0.1) is 0 Å². The molecule has 0 atom stereocenters. The van der Waals surface area contributed by atoms with E-state index in [1.54, 1.807) is 6.92 Å². The number of esters is 1. The SMILES string of the molecule is CCOC(=O)/C(N)=N/OC(=O)c1ccccc1[N+](=O)[O-]. The summed E-state index contributed by atoms with van der Waals surface area (Å²) in [6.07, 6.45) is 0. The zero-order valence-electron chi connectivity index (χ0n) is 10.4. The highest BCUT2D eigenvalue weighted by Gasteiger charge is 2.21. The number of oxime groups is 1. The predicted octanol–water partition coefficient (Wildman–Crippen LogP) is 0.587. The van der Waals surface area contributed by atoms with Crippen LogP contribution in [-0.2, 0) is 14.4 Å². The topological polar surface area (TPSA) is 134 Å². The lowest BCUT2D eigenvalue weighted by atomic mass is 10.2. The lowest BCUT2D eigenvalue weighted by molar-refractivity contribution is -0.385. The molecule has 0 unspecified atom stereocenters. The van der Waals surface area contributed by atoms with E-state index in [-0.39, 0.29) is 12.2 Å². The number of benzene rings is 1. The van der Waals surface area contributed by atoms with Gasteiger partial charge in [0.15, 0.2) is 0 Å². The summed E-state index contributed by atoms with van der Waals surface area (Å²) in [4.78, 5) is 37.0. The number of hydrogen-bond acceptors (Lipinski definition) is 7. The molecule has 0 saturated heterocycles. The van der Waals surface area contributed by atoms with Crippen molar-refractivity contribution in [2.24, 2.45) is 10.9 Å². The number of nitrogens with zero attached hydrogens (tertiary/aromatic N) is 2. The number of carbonyl (C=O) groups excluding carboxylic acids is 2. The van der Waals surface area contributed by atoms with Gasteiger partial charge in [0.25, 0.3) is 5.69 Å². The van der Waals surface area contributed by atoms with Gasteiger partial charge >= 0.3 is 11.9 Å². The molecule has 106 valence electrons. The van der Waals surface area contributed by atoms with Crippen molar-refractivity contribution >= 4 is 23.5 Å². The average molecular weight is 281 g/mol. The van der Waals surface area contributed by atoms with Gasteiger partial charge in [-0.05, 0) is 18.1 Å². The largest absolute Gasteiger partial charge is 0.460 e. The van der Waals surface area contributed by atoms with Gasteiger partial charge in [0.05, 0.1) is 11.5 Å². The molecule has 0 aromatic heterocycles. The Morgan fingerprint density at radius 1 is 1.40 bits per heavy atom. The molecule has 20 heavy (non-hydrogen) atoms. The zero-order chi connectivity index (χ0) is 15.1. The highest BCUT2D eigenvalue weighted by Crippen LogP contribution is 2.18. The summed E-state index contributed by atoms with van der Waals surface area (Å²) in [5, 5.41) is 13.8. The Balaban J connectivity index is 2.85. The van der Waals surface area contributed by atoms with E-state index in [1.807, 2.05) is 0 Å². The van der Waals surface area contributed by atoms with Gasteiger partial charge in [0.1, 0.15) is 5.56 Å². The maximum Gasteiger partial charge on any atom is 0.377 e. The summed E-state index contributed by atoms with van der Waals surface area (Å²) in [5.74, 6) is -2.73. The normalized spacial score (nSPS) is 10.8. The summed E-state index contributed by atoms with van der Waals surface area (Å²) in [7, 11) is 0. The lowest BCUT2D eigenvalue weighted by Crippen LogP contribution is -2.26. The Hall–Kier alpha value is -2.97. The van der Waals surface area contributed by atoms with Crippen LogP contribution < -0.4 is 5.73 Å². The average Bonchev–Trinajstić information content (AvgIpc) is 2.44. The molecule has 0 aliphatic heterocycles. The van der Waals surface area contributed by atoms with Gasteiger partial charge in [-0.1, -0.05) is 12.1 Å². The number of carbonyl (C=O) groups is 2. The number of ether oxygens (including phenoxy) is 1. The van der Waals surface area contributed by atoms with Crippen molar-refractivity contribution < 1.29 is 24.1 Å². The van der Waals surface area contributed by atoms with Crippen LogP contribution in [0.25, 0.3) is 0 Å². The Morgan fingerprint density at radius 2 is 2.05 bits per heavy atom. The number of para-hydroxylation sites is 1. The van der Waals surface area contributed by atoms with Crippen LogP contribution in [0.4, 0.5) is 5.69 Å². The van der Waals surface area contributed by atoms with E-state index < -0.39 is 28.4 Å². The monoisotopic (exact) mass is 281 g/mol. The van der Waals surface area contributed by atoms with E-state index >= 15 is 0 Å². The second-order valence-electron chi connectivity index (χ2n) is 3.35. The molecule has 2 N–H and O–H groups in total. The molecule has 0 saturated carbocycles. The van der Waals surface area contributed by atoms with Crippen LogP contribution in [0.1, 0.15) is 17.3 Å². The third-order valence-electron chi connectivity index (χ3n) is 2.03. The second kappa shape index (κ2) is 6.83. The first-order chi connectivity index (χ1) is 9.47. The fourth-order valence-corrected chi connectivity index (χ4v) is 1.19. The fourth-order valence-electron chi connectivity index (χ4n) is 1.19. The van der Waals surface area contributed by atoms with Gasteiger partial charge in [-0.2, -0.15) is 0 Å². The predicted molar refractivity (Wildman–Crippen MR) is 66.8 cm³/mol. The molecule has 0 aliphatic rings. The van der Waals surface area contributed by atoms with Crippen molar-refractivity contribution in [2.45, 2.75) is 6.92 Å². The molecule has 0 spiro atoms. The molecule has 0 heterocycles. The first-order valence-corrected chi connectivity index (χ1v) is 5.42. The molecule has 9 nitrogen and oxygen atoms in total. The molecule has 0 amide bonds. The van der Waals surface area contributed by atoms with Crippen molar-refractivity contribution in [3.8, 4) is 0 Å². The highest BCUT2D eigenvalue weighted by molar-refractivity contribution is 6.34. The smallest absolute Gasteiger partial charge is 0.377 e. The first-order valence-electron chi connectivity index (χ1n) is 5.42. The van der Waals surface area contributed by atoms with Crippen molar-refractivity contribution in [2.75, 3.05) is 6.61 Å². The molecule has 1 aromatic rings. The maximum atomic E-state index is 11.6. The van der Waals surface area contributed by atoms with Crippen LogP contribution in [0.5, 0.6) is 0 Å². The Bertz CT molecular complexity index is 569. The molecular weight excluding hydrogens is 270 g/mol. The van der Waals surface area contributed by atoms with Crippen LogP contribution in [0, 0.1) is 10.1 Å². The summed E-state index contributed by atoms with van der Waals surface area (Å²) >= 11 is 0. The van der Waals surface area contributed by atoms with Gasteiger partial charge in [-0.25, -0.2) is 9.59 Å². The van der Waals surface area contributed by atoms with E-state index in [4.69, 9.17) is 5.73 Å².